The summed E-state index contributed by atoms with van der Waals surface area (Å²) < 4.78 is 1.33. The monoisotopic (exact) mass is 524 g/mol. The maximum Gasteiger partial charge on any atom is 0.347 e. The van der Waals surface area contributed by atoms with Crippen molar-refractivity contribution in [1.29, 1.82) is 0 Å². The van der Waals surface area contributed by atoms with Gasteiger partial charge in [0.25, 0.3) is 0 Å². The zero-order valence-electron chi connectivity index (χ0n) is 22.0. The number of carbonyl (C=O) groups excluding carboxylic acids is 2. The Labute approximate surface area is 226 Å². The van der Waals surface area contributed by atoms with Crippen LogP contribution in [0, 0.1) is 5.92 Å². The SMILES string of the molecule is CC(C)C(N)C(=O)N[C@@H]1CCc2ccccc2N(Cc2ccc(-c3ccccc3-n3nc[nH]c3=O)cc2)C1=O. The van der Waals surface area contributed by atoms with Gasteiger partial charge < -0.3 is 16.0 Å². The summed E-state index contributed by atoms with van der Waals surface area (Å²) in [6, 6.07) is 22.0. The van der Waals surface area contributed by atoms with E-state index in [-0.39, 0.29) is 23.4 Å². The average molecular weight is 525 g/mol. The topological polar surface area (TPSA) is 126 Å². The van der Waals surface area contributed by atoms with Crippen LogP contribution in [0.5, 0.6) is 0 Å². The van der Waals surface area contributed by atoms with E-state index < -0.39 is 12.1 Å². The molecule has 9 heteroatoms. The minimum absolute atomic E-state index is 0.0329. The minimum atomic E-state index is -0.676. The van der Waals surface area contributed by atoms with Crippen LogP contribution in [-0.2, 0) is 22.6 Å². The largest absolute Gasteiger partial charge is 0.347 e. The van der Waals surface area contributed by atoms with Crippen molar-refractivity contribution in [2.75, 3.05) is 4.90 Å². The van der Waals surface area contributed by atoms with Gasteiger partial charge in [0.2, 0.25) is 11.8 Å². The molecule has 2 atom stereocenters. The first-order valence-electron chi connectivity index (χ1n) is 13.1. The number of rotatable bonds is 7. The summed E-state index contributed by atoms with van der Waals surface area (Å²) in [5, 5.41) is 7.02. The van der Waals surface area contributed by atoms with Gasteiger partial charge in [0, 0.05) is 11.3 Å². The summed E-state index contributed by atoms with van der Waals surface area (Å²) in [5.74, 6) is -0.501. The molecule has 3 aromatic carbocycles. The molecule has 39 heavy (non-hydrogen) atoms. The van der Waals surface area contributed by atoms with E-state index in [9.17, 15) is 14.4 Å². The normalized spacial score (nSPS) is 16.1. The number of aromatic amines is 1. The summed E-state index contributed by atoms with van der Waals surface area (Å²) >= 11 is 0. The Hall–Kier alpha value is -4.50. The maximum atomic E-state index is 13.8. The lowest BCUT2D eigenvalue weighted by atomic mass is 10.0. The van der Waals surface area contributed by atoms with Crippen molar-refractivity contribution < 1.29 is 9.59 Å². The summed E-state index contributed by atoms with van der Waals surface area (Å²) in [5.41, 5.74) is 11.0. The number of H-pyrrole nitrogens is 1. The van der Waals surface area contributed by atoms with Crippen LogP contribution in [-0.4, -0.2) is 38.7 Å². The third-order valence-electron chi connectivity index (χ3n) is 7.18. The number of nitrogens with zero attached hydrogens (tertiary/aromatic N) is 3. The number of fused-ring (bicyclic) bond motifs is 1. The van der Waals surface area contributed by atoms with Crippen molar-refractivity contribution >= 4 is 17.5 Å². The molecular weight excluding hydrogens is 492 g/mol. The lowest BCUT2D eigenvalue weighted by Crippen LogP contribution is -2.53. The number of amides is 2. The first-order chi connectivity index (χ1) is 18.8. The Bertz CT molecular complexity index is 1540. The highest BCUT2D eigenvalue weighted by Crippen LogP contribution is 2.30. The Morgan fingerprint density at radius 3 is 2.41 bits per heavy atom. The molecule has 4 N–H and O–H groups in total. The second-order valence-electron chi connectivity index (χ2n) is 10.1. The summed E-state index contributed by atoms with van der Waals surface area (Å²) in [6.07, 6.45) is 2.54. The number of aryl methyl sites for hydroxylation is 1. The van der Waals surface area contributed by atoms with Gasteiger partial charge in [0.05, 0.1) is 18.3 Å². The molecule has 5 rings (SSSR count). The molecule has 200 valence electrons. The van der Waals surface area contributed by atoms with Gasteiger partial charge in [-0.1, -0.05) is 74.5 Å². The highest BCUT2D eigenvalue weighted by molar-refractivity contribution is 6.01. The van der Waals surface area contributed by atoms with Crippen LogP contribution in [0.3, 0.4) is 0 Å². The van der Waals surface area contributed by atoms with Crippen molar-refractivity contribution in [3.63, 3.8) is 0 Å². The van der Waals surface area contributed by atoms with Gasteiger partial charge in [-0.05, 0) is 47.6 Å². The molecule has 4 aromatic rings. The van der Waals surface area contributed by atoms with E-state index >= 15 is 0 Å². The second kappa shape index (κ2) is 11.1. The highest BCUT2D eigenvalue weighted by Gasteiger charge is 2.32. The van der Waals surface area contributed by atoms with Crippen LogP contribution < -0.4 is 21.6 Å². The van der Waals surface area contributed by atoms with Crippen molar-refractivity contribution in [3.8, 4) is 16.8 Å². The molecule has 0 radical (unpaired) electrons. The number of nitrogens with one attached hydrogen (secondary N) is 2. The zero-order chi connectivity index (χ0) is 27.5. The number of hydrogen-bond donors (Lipinski definition) is 3. The predicted molar refractivity (Wildman–Crippen MR) is 150 cm³/mol. The molecule has 2 amide bonds. The van der Waals surface area contributed by atoms with Gasteiger partial charge in [-0.2, -0.15) is 9.78 Å². The first kappa shape index (κ1) is 26.1. The molecule has 0 saturated heterocycles. The Morgan fingerprint density at radius 1 is 1.03 bits per heavy atom. The van der Waals surface area contributed by atoms with Gasteiger partial charge in [0.15, 0.2) is 0 Å². The molecule has 0 spiro atoms. The van der Waals surface area contributed by atoms with Gasteiger partial charge in [-0.3, -0.25) is 14.6 Å². The molecule has 1 aromatic heterocycles. The van der Waals surface area contributed by atoms with Gasteiger partial charge in [0.1, 0.15) is 12.4 Å². The van der Waals surface area contributed by atoms with E-state index in [0.717, 1.165) is 27.9 Å². The van der Waals surface area contributed by atoms with E-state index in [4.69, 9.17) is 5.73 Å². The number of benzene rings is 3. The van der Waals surface area contributed by atoms with Crippen LogP contribution in [0.25, 0.3) is 16.8 Å². The lowest BCUT2D eigenvalue weighted by molar-refractivity contribution is -0.129. The van der Waals surface area contributed by atoms with E-state index in [1.54, 1.807) is 4.90 Å². The molecule has 2 heterocycles. The zero-order valence-corrected chi connectivity index (χ0v) is 22.0. The molecule has 1 unspecified atom stereocenters. The van der Waals surface area contributed by atoms with Crippen LogP contribution in [0.1, 0.15) is 31.4 Å². The number of aromatic nitrogens is 3. The lowest BCUT2D eigenvalue weighted by Gasteiger charge is -2.27. The minimum Gasteiger partial charge on any atom is -0.343 e. The van der Waals surface area contributed by atoms with Gasteiger partial charge in [-0.15, -0.1) is 0 Å². The van der Waals surface area contributed by atoms with Crippen LogP contribution in [0.15, 0.2) is 83.9 Å². The van der Waals surface area contributed by atoms with E-state index in [1.807, 2.05) is 86.6 Å². The number of para-hydroxylation sites is 2. The van der Waals surface area contributed by atoms with Crippen LogP contribution in [0.2, 0.25) is 0 Å². The van der Waals surface area contributed by atoms with Crippen molar-refractivity contribution in [2.24, 2.45) is 11.7 Å². The highest BCUT2D eigenvalue weighted by atomic mass is 16.2. The third-order valence-corrected chi connectivity index (χ3v) is 7.18. The predicted octanol–water partition coefficient (Wildman–Crippen LogP) is 3.18. The summed E-state index contributed by atoms with van der Waals surface area (Å²) in [7, 11) is 0. The quantitative estimate of drug-likeness (QED) is 0.342. The molecule has 0 fully saturated rings. The number of hydrogen-bond acceptors (Lipinski definition) is 5. The molecule has 9 nitrogen and oxygen atoms in total. The summed E-state index contributed by atoms with van der Waals surface area (Å²) in [6.45, 7) is 4.12. The summed E-state index contributed by atoms with van der Waals surface area (Å²) in [4.78, 5) is 43.0. The molecular formula is C30H32N6O3. The first-order valence-corrected chi connectivity index (χ1v) is 13.1. The van der Waals surface area contributed by atoms with Crippen LogP contribution >= 0.6 is 0 Å². The van der Waals surface area contributed by atoms with Crippen molar-refractivity contribution in [2.45, 2.75) is 45.3 Å². The molecule has 1 aliphatic heterocycles. The fraction of sp³-hybridized carbons (Fsp3) is 0.267. The maximum absolute atomic E-state index is 13.8. The van der Waals surface area contributed by atoms with Crippen LogP contribution in [0.4, 0.5) is 5.69 Å². The van der Waals surface area contributed by atoms with E-state index in [1.165, 1.54) is 11.0 Å². The fourth-order valence-electron chi connectivity index (χ4n) is 4.89. The van der Waals surface area contributed by atoms with Gasteiger partial charge in [-0.25, -0.2) is 4.79 Å². The standard InChI is InChI=1S/C30H32N6O3/c1-19(2)27(31)28(37)34-24-16-15-22-7-3-5-9-25(22)35(29(24)38)17-20-11-13-21(14-12-20)23-8-4-6-10-26(23)36-30(39)32-18-33-36/h3-14,18-19,24,27H,15-17,31H2,1-2H3,(H,34,37)(H,32,33,39)/t24-,27?/m1/s1. The molecule has 0 saturated carbocycles. The number of nitrogens with two attached hydrogens (primary N) is 1. The van der Waals surface area contributed by atoms with E-state index in [0.29, 0.717) is 25.1 Å². The van der Waals surface area contributed by atoms with Crippen molar-refractivity contribution in [1.82, 2.24) is 20.1 Å². The smallest absolute Gasteiger partial charge is 0.343 e. The Kier molecular flexibility index (Phi) is 7.42. The average Bonchev–Trinajstić information content (AvgIpc) is 3.34. The third kappa shape index (κ3) is 5.39. The van der Waals surface area contributed by atoms with Gasteiger partial charge >= 0.3 is 5.69 Å². The number of anilines is 1. The van der Waals surface area contributed by atoms with Crippen molar-refractivity contribution in [3.05, 3.63) is 101 Å². The molecule has 1 aliphatic rings. The number of carbonyl (C=O) groups is 2. The Balaban J connectivity index is 1.42. The Morgan fingerprint density at radius 2 is 1.72 bits per heavy atom. The molecule has 0 aliphatic carbocycles. The molecule has 0 bridgehead atoms. The second-order valence-corrected chi connectivity index (χ2v) is 10.1. The fourth-order valence-corrected chi connectivity index (χ4v) is 4.89. The van der Waals surface area contributed by atoms with E-state index in [2.05, 4.69) is 15.4 Å².